The number of allylic oxidation sites excluding steroid dienone is 1. The number of rotatable bonds is 6. The predicted molar refractivity (Wildman–Crippen MR) is 161 cm³/mol. The van der Waals surface area contributed by atoms with Crippen molar-refractivity contribution in [1.82, 2.24) is 34.9 Å². The summed E-state index contributed by atoms with van der Waals surface area (Å²) in [4.78, 5) is 26.3. The first-order chi connectivity index (χ1) is 19.8. The number of hydrogen-bond acceptors (Lipinski definition) is 9. The van der Waals surface area contributed by atoms with Crippen molar-refractivity contribution in [2.24, 2.45) is 11.1 Å². The van der Waals surface area contributed by atoms with Crippen molar-refractivity contribution in [2.75, 3.05) is 44.3 Å². The number of nitrogens with one attached hydrogen (secondary N) is 2. The second-order valence-corrected chi connectivity index (χ2v) is 11.3. The van der Waals surface area contributed by atoms with Crippen LogP contribution in [0.2, 0.25) is 0 Å². The molecule has 2 fully saturated rings. The highest BCUT2D eigenvalue weighted by molar-refractivity contribution is 6.07. The quantitative estimate of drug-likeness (QED) is 0.153. The number of amides is 2. The van der Waals surface area contributed by atoms with Gasteiger partial charge in [0.05, 0.1) is 11.4 Å². The molecule has 0 spiro atoms. The molecule has 0 unspecified atom stereocenters. The number of benzene rings is 1. The van der Waals surface area contributed by atoms with Crippen LogP contribution in [0, 0.1) is 5.92 Å². The van der Waals surface area contributed by atoms with Gasteiger partial charge in [-0.15, -0.1) is 0 Å². The van der Waals surface area contributed by atoms with Crippen molar-refractivity contribution in [2.45, 2.75) is 51.6 Å². The van der Waals surface area contributed by atoms with Gasteiger partial charge in [0.15, 0.2) is 11.5 Å². The van der Waals surface area contributed by atoms with E-state index in [1.165, 1.54) is 32.3 Å². The topological polar surface area (TPSA) is 150 Å². The molecule has 2 amide bonds. The fourth-order valence-electron chi connectivity index (χ4n) is 5.68. The summed E-state index contributed by atoms with van der Waals surface area (Å²) in [6.07, 6.45) is 9.36. The molecule has 0 bridgehead atoms. The molecule has 218 valence electrons. The number of piperidine rings is 2. The minimum Gasteiger partial charge on any atom is -0.409 e. The van der Waals surface area contributed by atoms with Crippen LogP contribution in [0.15, 0.2) is 47.9 Å². The molecule has 4 heterocycles. The van der Waals surface area contributed by atoms with Gasteiger partial charge in [0.2, 0.25) is 0 Å². The highest BCUT2D eigenvalue weighted by atomic mass is 16.4. The number of likely N-dealkylation sites (tertiary alicyclic amines) is 2. The lowest BCUT2D eigenvalue weighted by molar-refractivity contribution is 0.0859. The Balaban J connectivity index is 1.30. The van der Waals surface area contributed by atoms with E-state index in [1.807, 2.05) is 36.7 Å². The molecule has 3 aromatic rings. The Morgan fingerprint density at radius 2 is 1.76 bits per heavy atom. The molecule has 0 aliphatic carbocycles. The molecular formula is C29H40N10O2. The van der Waals surface area contributed by atoms with E-state index in [2.05, 4.69) is 42.6 Å². The lowest BCUT2D eigenvalue weighted by atomic mass is 9.98. The van der Waals surface area contributed by atoms with Crippen LogP contribution in [0.4, 0.5) is 16.3 Å². The van der Waals surface area contributed by atoms with Gasteiger partial charge in [-0.25, -0.2) is 19.4 Å². The lowest BCUT2D eigenvalue weighted by Gasteiger charge is -2.41. The van der Waals surface area contributed by atoms with Crippen LogP contribution < -0.4 is 16.4 Å². The number of nitrogens with zero attached hydrogens (tertiary/aromatic N) is 7. The number of urea groups is 1. The minimum absolute atomic E-state index is 0.0532. The van der Waals surface area contributed by atoms with E-state index in [0.29, 0.717) is 17.5 Å². The molecule has 2 aliphatic heterocycles. The van der Waals surface area contributed by atoms with Crippen LogP contribution in [0.25, 0.3) is 22.3 Å². The first-order valence-electron chi connectivity index (χ1n) is 14.3. The van der Waals surface area contributed by atoms with Crippen LogP contribution in [-0.2, 0) is 0 Å². The summed E-state index contributed by atoms with van der Waals surface area (Å²) in [5.41, 5.74) is 9.24. The van der Waals surface area contributed by atoms with E-state index in [-0.39, 0.29) is 17.8 Å². The average molecular weight is 561 g/mol. The fraction of sp³-hybridized carbons (Fsp3) is 0.483. The first-order valence-corrected chi connectivity index (χ1v) is 14.3. The van der Waals surface area contributed by atoms with Gasteiger partial charge in [-0.3, -0.25) is 5.32 Å². The van der Waals surface area contributed by atoms with Crippen LogP contribution in [0.5, 0.6) is 0 Å². The summed E-state index contributed by atoms with van der Waals surface area (Å²) < 4.78 is 2.04. The molecule has 5 rings (SSSR count). The number of nitrogen functional groups attached to an aromatic ring is 1. The third kappa shape index (κ3) is 6.66. The Bertz CT molecular complexity index is 1400. The van der Waals surface area contributed by atoms with Gasteiger partial charge in [-0.2, -0.15) is 5.10 Å². The summed E-state index contributed by atoms with van der Waals surface area (Å²) in [5.74, 6) is 0.698. The Labute approximate surface area is 240 Å². The van der Waals surface area contributed by atoms with Crippen LogP contribution in [0.1, 0.15) is 45.6 Å². The number of aromatic nitrogens is 4. The molecule has 1 aromatic carbocycles. The summed E-state index contributed by atoms with van der Waals surface area (Å²) in [6.45, 7) is 8.41. The molecule has 2 aromatic heterocycles. The van der Waals surface area contributed by atoms with E-state index in [0.717, 1.165) is 48.2 Å². The van der Waals surface area contributed by atoms with E-state index in [9.17, 15) is 4.79 Å². The van der Waals surface area contributed by atoms with Gasteiger partial charge in [0, 0.05) is 30.4 Å². The van der Waals surface area contributed by atoms with Crippen molar-refractivity contribution in [3.63, 3.8) is 0 Å². The van der Waals surface area contributed by atoms with E-state index < -0.39 is 6.03 Å². The first kappa shape index (κ1) is 28.5. The second-order valence-electron chi connectivity index (χ2n) is 11.3. The van der Waals surface area contributed by atoms with Gasteiger partial charge in [0.25, 0.3) is 0 Å². The Hall–Kier alpha value is -4.03. The van der Waals surface area contributed by atoms with Crippen molar-refractivity contribution in [3.8, 4) is 11.3 Å². The number of amidine groups is 1. The van der Waals surface area contributed by atoms with Gasteiger partial charge in [0.1, 0.15) is 17.8 Å². The van der Waals surface area contributed by atoms with E-state index >= 15 is 0 Å². The van der Waals surface area contributed by atoms with Crippen molar-refractivity contribution in [3.05, 3.63) is 42.7 Å². The molecule has 2 saturated heterocycles. The highest BCUT2D eigenvalue weighted by Crippen LogP contribution is 2.35. The lowest BCUT2D eigenvalue weighted by Crippen LogP contribution is -2.47. The zero-order valence-corrected chi connectivity index (χ0v) is 24.0. The number of fused-ring (bicyclic) bond motifs is 1. The molecular weight excluding hydrogens is 520 g/mol. The number of hydrogen-bond donors (Lipinski definition) is 4. The molecule has 41 heavy (non-hydrogen) atoms. The summed E-state index contributed by atoms with van der Waals surface area (Å²) >= 11 is 0. The monoisotopic (exact) mass is 560 g/mol. The largest absolute Gasteiger partial charge is 0.409 e. The second kappa shape index (κ2) is 12.6. The predicted octanol–water partition coefficient (Wildman–Crippen LogP) is 3.93. The standard InChI is InChI=1S/C29H40N10O2/c1-19(2)4-9-24(36-41)34-29(40)33-21-7-5-20(6-8-21)26-25-27(30)31-18-32-28(25)39(35-26)23-12-16-38(17-13-23)22-10-14-37(3)15-11-22/h4-9,18-19,22-23,41H,10-17H2,1-3H3,(H2,30,31,32)(H2,33,34,36,40)/b9-4+. The van der Waals surface area contributed by atoms with Crippen LogP contribution >= 0.6 is 0 Å². The smallest absolute Gasteiger partial charge is 0.324 e. The van der Waals surface area contributed by atoms with Crippen molar-refractivity contribution < 1.29 is 10.0 Å². The van der Waals surface area contributed by atoms with Crippen molar-refractivity contribution in [1.29, 1.82) is 0 Å². The molecule has 2 aliphatic rings. The molecule has 0 saturated carbocycles. The SMILES string of the molecule is CC(C)/C=C/C(=N\O)NC(=O)Nc1ccc(-c2nn(C3CCN(C4CCN(C)CC4)CC3)c3ncnc(N)c23)cc1. The Kier molecular flexibility index (Phi) is 8.79. The highest BCUT2D eigenvalue weighted by Gasteiger charge is 2.30. The average Bonchev–Trinajstić information content (AvgIpc) is 3.37. The third-order valence-corrected chi connectivity index (χ3v) is 7.97. The van der Waals surface area contributed by atoms with Crippen LogP contribution in [0.3, 0.4) is 0 Å². The van der Waals surface area contributed by atoms with E-state index in [4.69, 9.17) is 16.0 Å². The molecule has 12 heteroatoms. The van der Waals surface area contributed by atoms with Gasteiger partial charge >= 0.3 is 6.03 Å². The fourth-order valence-corrected chi connectivity index (χ4v) is 5.68. The summed E-state index contributed by atoms with van der Waals surface area (Å²) in [7, 11) is 2.20. The molecule has 5 N–H and O–H groups in total. The number of oxime groups is 1. The van der Waals surface area contributed by atoms with Crippen LogP contribution in [-0.4, -0.2) is 85.9 Å². The maximum absolute atomic E-state index is 12.4. The molecule has 0 radical (unpaired) electrons. The number of carbonyl (C=O) groups is 1. The van der Waals surface area contributed by atoms with Gasteiger partial charge < -0.3 is 26.1 Å². The maximum atomic E-state index is 12.4. The zero-order chi connectivity index (χ0) is 28.9. The number of carbonyl (C=O) groups excluding carboxylic acids is 1. The third-order valence-electron chi connectivity index (χ3n) is 7.97. The summed E-state index contributed by atoms with van der Waals surface area (Å²) in [5, 5.41) is 23.3. The van der Waals surface area contributed by atoms with Gasteiger partial charge in [-0.1, -0.05) is 37.2 Å². The van der Waals surface area contributed by atoms with Crippen molar-refractivity contribution >= 4 is 34.4 Å². The number of nitrogens with two attached hydrogens (primary N) is 1. The maximum Gasteiger partial charge on any atom is 0.324 e. The summed E-state index contributed by atoms with van der Waals surface area (Å²) in [6, 6.07) is 7.74. The zero-order valence-electron chi connectivity index (χ0n) is 24.0. The number of anilines is 2. The Morgan fingerprint density at radius 1 is 1.07 bits per heavy atom. The normalized spacial score (nSPS) is 18.5. The molecule has 12 nitrogen and oxygen atoms in total. The molecule has 0 atom stereocenters. The Morgan fingerprint density at radius 3 is 2.41 bits per heavy atom. The van der Waals surface area contributed by atoms with E-state index in [1.54, 1.807) is 18.2 Å². The minimum atomic E-state index is -0.516. The van der Waals surface area contributed by atoms with Gasteiger partial charge in [-0.05, 0) is 69.9 Å².